The lowest BCUT2D eigenvalue weighted by Gasteiger charge is -2.08. The molecule has 1 aromatic rings. The molecular formula is C10H11N3O3. The van der Waals surface area contributed by atoms with Crippen molar-refractivity contribution in [3.05, 3.63) is 34.9 Å². The number of hydrogen-bond donors (Lipinski definition) is 3. The predicted molar refractivity (Wildman–Crippen MR) is 56.2 cm³/mol. The Morgan fingerprint density at radius 1 is 1.38 bits per heavy atom. The number of hydrogen-bond acceptors (Lipinski definition) is 3. The molecule has 6 heteroatoms. The summed E-state index contributed by atoms with van der Waals surface area (Å²) in [6, 6.07) is 5.25. The van der Waals surface area contributed by atoms with Crippen molar-refractivity contribution in [1.82, 2.24) is 4.90 Å². The van der Waals surface area contributed by atoms with Crippen molar-refractivity contribution in [2.24, 2.45) is 10.9 Å². The summed E-state index contributed by atoms with van der Waals surface area (Å²) in [5.41, 5.74) is 7.89. The lowest BCUT2D eigenvalue weighted by molar-refractivity contribution is 0.145. The minimum atomic E-state index is -0.943. The van der Waals surface area contributed by atoms with E-state index in [0.717, 1.165) is 11.1 Å². The molecule has 0 spiro atoms. The molecule has 1 aliphatic heterocycles. The third kappa shape index (κ3) is 1.65. The highest BCUT2D eigenvalue weighted by molar-refractivity contribution is 5.97. The largest absolute Gasteiger partial charge is 0.465 e. The minimum absolute atomic E-state index is 0.0246. The van der Waals surface area contributed by atoms with Crippen molar-refractivity contribution >= 4 is 11.9 Å². The fourth-order valence-electron chi connectivity index (χ4n) is 1.75. The van der Waals surface area contributed by atoms with Crippen molar-refractivity contribution in [2.75, 3.05) is 0 Å². The Balaban J connectivity index is 2.31. The fourth-order valence-corrected chi connectivity index (χ4v) is 1.75. The second-order valence-electron chi connectivity index (χ2n) is 3.61. The first-order chi connectivity index (χ1) is 7.61. The van der Waals surface area contributed by atoms with Crippen LogP contribution in [0.15, 0.2) is 23.4 Å². The molecule has 0 aromatic heterocycles. The van der Waals surface area contributed by atoms with Crippen molar-refractivity contribution < 1.29 is 15.1 Å². The first-order valence-electron chi connectivity index (χ1n) is 4.69. The zero-order valence-corrected chi connectivity index (χ0v) is 8.42. The number of carbonyl (C=O) groups is 1. The summed E-state index contributed by atoms with van der Waals surface area (Å²) >= 11 is 0. The van der Waals surface area contributed by atoms with E-state index in [1.54, 1.807) is 18.2 Å². The number of carboxylic acid groups (broad SMARTS) is 1. The molecule has 0 saturated heterocycles. The van der Waals surface area contributed by atoms with Crippen molar-refractivity contribution in [2.45, 2.75) is 13.1 Å². The highest BCUT2D eigenvalue weighted by Gasteiger charge is 2.23. The Hall–Kier alpha value is -2.24. The van der Waals surface area contributed by atoms with Crippen LogP contribution < -0.4 is 5.73 Å². The molecule has 0 radical (unpaired) electrons. The Morgan fingerprint density at radius 2 is 2.06 bits per heavy atom. The van der Waals surface area contributed by atoms with Gasteiger partial charge in [-0.3, -0.25) is 4.90 Å². The number of nitrogens with two attached hydrogens (primary N) is 1. The Labute approximate surface area is 91.6 Å². The molecule has 1 heterocycles. The van der Waals surface area contributed by atoms with Gasteiger partial charge in [-0.1, -0.05) is 17.3 Å². The van der Waals surface area contributed by atoms with Crippen molar-refractivity contribution in [3.8, 4) is 0 Å². The molecule has 0 aliphatic carbocycles. The number of amides is 1. The molecule has 0 saturated carbocycles. The van der Waals surface area contributed by atoms with Crippen LogP contribution in [0.2, 0.25) is 0 Å². The monoisotopic (exact) mass is 221 g/mol. The van der Waals surface area contributed by atoms with Gasteiger partial charge in [0.2, 0.25) is 0 Å². The maximum atomic E-state index is 10.8. The number of amidine groups is 1. The molecular weight excluding hydrogens is 210 g/mol. The summed E-state index contributed by atoms with van der Waals surface area (Å²) in [4.78, 5) is 12.1. The van der Waals surface area contributed by atoms with Crippen molar-refractivity contribution in [3.63, 3.8) is 0 Å². The third-order valence-electron chi connectivity index (χ3n) is 2.60. The zero-order chi connectivity index (χ0) is 11.7. The quantitative estimate of drug-likeness (QED) is 0.282. The van der Waals surface area contributed by atoms with Gasteiger partial charge in [-0.2, -0.15) is 0 Å². The van der Waals surface area contributed by atoms with E-state index in [1.165, 1.54) is 4.90 Å². The molecule has 84 valence electrons. The smallest absolute Gasteiger partial charge is 0.407 e. The molecule has 0 unspecified atom stereocenters. The van der Waals surface area contributed by atoms with Crippen LogP contribution in [0.1, 0.15) is 16.7 Å². The van der Waals surface area contributed by atoms with Crippen LogP contribution in [-0.2, 0) is 13.1 Å². The predicted octanol–water partition coefficient (Wildman–Crippen LogP) is 0.775. The summed E-state index contributed by atoms with van der Waals surface area (Å²) in [5.74, 6) is 0.0246. The lowest BCUT2D eigenvalue weighted by atomic mass is 10.1. The highest BCUT2D eigenvalue weighted by atomic mass is 16.4. The second kappa shape index (κ2) is 3.73. The summed E-state index contributed by atoms with van der Waals surface area (Å²) < 4.78 is 0. The van der Waals surface area contributed by atoms with E-state index in [4.69, 9.17) is 16.0 Å². The SMILES string of the molecule is NC(=NO)c1ccc2c(c1)CN(C(=O)O)C2. The van der Waals surface area contributed by atoms with Crippen LogP contribution in [0, 0.1) is 0 Å². The van der Waals surface area contributed by atoms with Crippen molar-refractivity contribution in [1.29, 1.82) is 0 Å². The number of rotatable bonds is 1. The minimum Gasteiger partial charge on any atom is -0.465 e. The molecule has 16 heavy (non-hydrogen) atoms. The van der Waals surface area contributed by atoms with E-state index >= 15 is 0 Å². The van der Waals surface area contributed by atoms with Gasteiger partial charge in [0.15, 0.2) is 5.84 Å². The number of benzene rings is 1. The third-order valence-corrected chi connectivity index (χ3v) is 2.60. The fraction of sp³-hybridized carbons (Fsp3) is 0.200. The molecule has 4 N–H and O–H groups in total. The highest BCUT2D eigenvalue weighted by Crippen LogP contribution is 2.23. The van der Waals surface area contributed by atoms with E-state index in [1.807, 2.05) is 0 Å². The zero-order valence-electron chi connectivity index (χ0n) is 8.42. The average Bonchev–Trinajstić information content (AvgIpc) is 2.70. The van der Waals surface area contributed by atoms with Gasteiger partial charge in [0.25, 0.3) is 0 Å². The van der Waals surface area contributed by atoms with Crippen LogP contribution in [-0.4, -0.2) is 27.1 Å². The van der Waals surface area contributed by atoms with Gasteiger partial charge >= 0.3 is 6.09 Å². The van der Waals surface area contributed by atoms with Gasteiger partial charge in [-0.15, -0.1) is 0 Å². The Morgan fingerprint density at radius 3 is 2.69 bits per heavy atom. The van der Waals surface area contributed by atoms with E-state index in [9.17, 15) is 4.79 Å². The first-order valence-corrected chi connectivity index (χ1v) is 4.69. The molecule has 0 bridgehead atoms. The lowest BCUT2D eigenvalue weighted by Crippen LogP contribution is -2.22. The Bertz CT molecular complexity index is 470. The summed E-state index contributed by atoms with van der Waals surface area (Å²) in [7, 11) is 0. The van der Waals surface area contributed by atoms with Gasteiger partial charge in [0.1, 0.15) is 0 Å². The van der Waals surface area contributed by atoms with Gasteiger partial charge in [0.05, 0.1) is 0 Å². The molecule has 0 fully saturated rings. The normalized spacial score (nSPS) is 15.0. The van der Waals surface area contributed by atoms with Crippen LogP contribution in [0.25, 0.3) is 0 Å². The topological polar surface area (TPSA) is 99.2 Å². The van der Waals surface area contributed by atoms with Gasteiger partial charge < -0.3 is 16.0 Å². The summed E-state index contributed by atoms with van der Waals surface area (Å²) in [6.45, 7) is 0.734. The molecule has 1 amide bonds. The number of oxime groups is 1. The molecule has 6 nitrogen and oxygen atoms in total. The first kappa shape index (κ1) is 10.3. The average molecular weight is 221 g/mol. The van der Waals surface area contributed by atoms with Crippen LogP contribution >= 0.6 is 0 Å². The molecule has 1 aliphatic rings. The second-order valence-corrected chi connectivity index (χ2v) is 3.61. The van der Waals surface area contributed by atoms with E-state index < -0.39 is 6.09 Å². The number of fused-ring (bicyclic) bond motifs is 1. The molecule has 2 rings (SSSR count). The van der Waals surface area contributed by atoms with Gasteiger partial charge in [-0.25, -0.2) is 4.79 Å². The maximum absolute atomic E-state index is 10.8. The van der Waals surface area contributed by atoms with E-state index in [2.05, 4.69) is 5.16 Å². The van der Waals surface area contributed by atoms with Gasteiger partial charge in [-0.05, 0) is 17.2 Å². The van der Waals surface area contributed by atoms with E-state index in [-0.39, 0.29) is 5.84 Å². The summed E-state index contributed by atoms with van der Waals surface area (Å²) in [5, 5.41) is 20.3. The van der Waals surface area contributed by atoms with Crippen LogP contribution in [0.5, 0.6) is 0 Å². The van der Waals surface area contributed by atoms with Crippen LogP contribution in [0.4, 0.5) is 4.79 Å². The molecule has 1 aromatic carbocycles. The number of nitrogens with zero attached hydrogens (tertiary/aromatic N) is 2. The standard InChI is InChI=1S/C10H11N3O3/c11-9(12-16)6-1-2-7-4-13(10(14)15)5-8(7)3-6/h1-3,16H,4-5H2,(H2,11,12)(H,14,15). The van der Waals surface area contributed by atoms with Crippen LogP contribution in [0.3, 0.4) is 0 Å². The Kier molecular flexibility index (Phi) is 2.40. The summed E-state index contributed by atoms with van der Waals surface area (Å²) in [6.07, 6.45) is -0.943. The van der Waals surface area contributed by atoms with Gasteiger partial charge in [0, 0.05) is 18.7 Å². The molecule has 0 atom stereocenters. The maximum Gasteiger partial charge on any atom is 0.407 e. The van der Waals surface area contributed by atoms with E-state index in [0.29, 0.717) is 18.7 Å².